The predicted octanol–water partition coefficient (Wildman–Crippen LogP) is 5.35. The van der Waals surface area contributed by atoms with Gasteiger partial charge in [-0.3, -0.25) is 4.79 Å². The van der Waals surface area contributed by atoms with E-state index in [4.69, 9.17) is 9.47 Å². The van der Waals surface area contributed by atoms with Crippen molar-refractivity contribution in [1.29, 1.82) is 0 Å². The third kappa shape index (κ3) is 5.48. The Morgan fingerprint density at radius 3 is 2.46 bits per heavy atom. The van der Waals surface area contributed by atoms with Crippen molar-refractivity contribution in [3.05, 3.63) is 71.2 Å². The van der Waals surface area contributed by atoms with E-state index in [1.54, 1.807) is 17.0 Å². The first-order valence-electron chi connectivity index (χ1n) is 11.6. The zero-order valence-electron chi connectivity index (χ0n) is 20.2. The molecule has 3 aromatic rings. The summed E-state index contributed by atoms with van der Waals surface area (Å²) in [5.41, 5.74) is 2.73. The SMILES string of the molecule is COC(=O)c1cc(F)c(CN2CC(C)CC2=O)c(Oc2ccc(-c3ccc(C(C)C)nn3)cc2)c1. The number of carbonyl (C=O) groups excluding carboxylic acids is 2. The van der Waals surface area contributed by atoms with Crippen molar-refractivity contribution in [2.24, 2.45) is 5.92 Å². The third-order valence-corrected chi connectivity index (χ3v) is 5.99. The van der Waals surface area contributed by atoms with Crippen molar-refractivity contribution in [3.63, 3.8) is 0 Å². The average Bonchev–Trinajstić information content (AvgIpc) is 3.17. The quantitative estimate of drug-likeness (QED) is 0.427. The molecule has 4 rings (SSSR count). The van der Waals surface area contributed by atoms with Gasteiger partial charge in [0.2, 0.25) is 5.91 Å². The van der Waals surface area contributed by atoms with Crippen molar-refractivity contribution >= 4 is 11.9 Å². The Morgan fingerprint density at radius 1 is 1.14 bits per heavy atom. The Labute approximate surface area is 203 Å². The molecule has 1 amide bonds. The zero-order valence-corrected chi connectivity index (χ0v) is 20.2. The van der Waals surface area contributed by atoms with E-state index in [-0.39, 0.29) is 35.2 Å². The molecule has 0 spiro atoms. The van der Waals surface area contributed by atoms with E-state index in [2.05, 4.69) is 24.0 Å². The fraction of sp³-hybridized carbons (Fsp3) is 0.333. The lowest BCUT2D eigenvalue weighted by Gasteiger charge is -2.20. The number of carbonyl (C=O) groups is 2. The van der Waals surface area contributed by atoms with Crippen LogP contribution in [0, 0.1) is 11.7 Å². The summed E-state index contributed by atoms with van der Waals surface area (Å²) in [6, 6.07) is 13.6. The minimum atomic E-state index is -0.676. The van der Waals surface area contributed by atoms with E-state index in [1.807, 2.05) is 31.2 Å². The smallest absolute Gasteiger partial charge is 0.338 e. The molecule has 1 atom stereocenters. The largest absolute Gasteiger partial charge is 0.465 e. The number of aromatic nitrogens is 2. The molecule has 1 unspecified atom stereocenters. The fourth-order valence-corrected chi connectivity index (χ4v) is 4.03. The predicted molar refractivity (Wildman–Crippen MR) is 129 cm³/mol. The van der Waals surface area contributed by atoms with Crippen molar-refractivity contribution in [1.82, 2.24) is 15.1 Å². The molecule has 1 aliphatic heterocycles. The van der Waals surface area contributed by atoms with Crippen LogP contribution >= 0.6 is 0 Å². The third-order valence-electron chi connectivity index (χ3n) is 5.99. The molecule has 0 radical (unpaired) electrons. The van der Waals surface area contributed by atoms with Gasteiger partial charge in [-0.25, -0.2) is 9.18 Å². The second-order valence-electron chi connectivity index (χ2n) is 9.13. The second-order valence-corrected chi connectivity index (χ2v) is 9.13. The van der Waals surface area contributed by atoms with Gasteiger partial charge in [0, 0.05) is 24.1 Å². The number of likely N-dealkylation sites (tertiary alicyclic amines) is 1. The van der Waals surface area contributed by atoms with Crippen molar-refractivity contribution in [2.75, 3.05) is 13.7 Å². The molecule has 7 nitrogen and oxygen atoms in total. The van der Waals surface area contributed by atoms with Gasteiger partial charge in [0.05, 0.1) is 30.6 Å². The Bertz CT molecular complexity index is 1230. The summed E-state index contributed by atoms with van der Waals surface area (Å²) in [5.74, 6) is -0.238. The van der Waals surface area contributed by atoms with Crippen LogP contribution in [0.3, 0.4) is 0 Å². The summed E-state index contributed by atoms with van der Waals surface area (Å²) in [4.78, 5) is 26.0. The summed E-state index contributed by atoms with van der Waals surface area (Å²) >= 11 is 0. The van der Waals surface area contributed by atoms with Crippen LogP contribution in [0.1, 0.15) is 54.7 Å². The maximum atomic E-state index is 15.1. The lowest BCUT2D eigenvalue weighted by molar-refractivity contribution is -0.128. The molecule has 1 fully saturated rings. The van der Waals surface area contributed by atoms with Crippen molar-refractivity contribution in [3.8, 4) is 22.8 Å². The van der Waals surface area contributed by atoms with Crippen molar-refractivity contribution in [2.45, 2.75) is 39.7 Å². The lowest BCUT2D eigenvalue weighted by Crippen LogP contribution is -2.25. The topological polar surface area (TPSA) is 81.6 Å². The highest BCUT2D eigenvalue weighted by Gasteiger charge is 2.29. The number of halogens is 1. The number of esters is 1. The van der Waals surface area contributed by atoms with Gasteiger partial charge in [-0.1, -0.05) is 20.8 Å². The van der Waals surface area contributed by atoms with Gasteiger partial charge in [0.25, 0.3) is 0 Å². The molecule has 1 aliphatic rings. The van der Waals surface area contributed by atoms with Gasteiger partial charge in [-0.05, 0) is 60.4 Å². The molecule has 35 heavy (non-hydrogen) atoms. The molecular formula is C27H28FN3O4. The molecule has 1 saturated heterocycles. The van der Waals surface area contributed by atoms with E-state index >= 15 is 4.39 Å². The minimum Gasteiger partial charge on any atom is -0.465 e. The summed E-state index contributed by atoms with van der Waals surface area (Å²) in [7, 11) is 1.23. The van der Waals surface area contributed by atoms with Gasteiger partial charge in [-0.15, -0.1) is 0 Å². The molecule has 8 heteroatoms. The number of benzene rings is 2. The first-order chi connectivity index (χ1) is 16.7. The van der Waals surface area contributed by atoms with Gasteiger partial charge < -0.3 is 14.4 Å². The molecule has 1 aromatic heterocycles. The highest BCUT2D eigenvalue weighted by molar-refractivity contribution is 5.90. The first kappa shape index (κ1) is 24.3. The Morgan fingerprint density at radius 2 is 1.89 bits per heavy atom. The van der Waals surface area contributed by atoms with E-state index in [0.29, 0.717) is 24.6 Å². The van der Waals surface area contributed by atoms with Gasteiger partial charge in [0.1, 0.15) is 17.3 Å². The van der Waals surface area contributed by atoms with Gasteiger partial charge in [-0.2, -0.15) is 10.2 Å². The average molecular weight is 478 g/mol. The fourth-order valence-electron chi connectivity index (χ4n) is 4.03. The number of methoxy groups -OCH3 is 1. The van der Waals surface area contributed by atoms with E-state index in [0.717, 1.165) is 23.0 Å². The Hall–Kier alpha value is -3.81. The molecule has 0 saturated carbocycles. The number of amides is 1. The maximum Gasteiger partial charge on any atom is 0.338 e. The van der Waals surface area contributed by atoms with Crippen molar-refractivity contribution < 1.29 is 23.5 Å². The molecule has 0 bridgehead atoms. The normalized spacial score (nSPS) is 15.5. The van der Waals surface area contributed by atoms with Crippen LogP contribution in [0.15, 0.2) is 48.5 Å². The van der Waals surface area contributed by atoms with Crippen LogP contribution in [0.4, 0.5) is 4.39 Å². The molecule has 2 aromatic carbocycles. The van der Waals surface area contributed by atoms with E-state index in [9.17, 15) is 9.59 Å². The molecule has 2 heterocycles. The van der Waals surface area contributed by atoms with Crippen LogP contribution in [-0.4, -0.2) is 40.6 Å². The van der Waals surface area contributed by atoms with Crippen LogP contribution in [-0.2, 0) is 16.1 Å². The minimum absolute atomic E-state index is 0.0296. The number of nitrogens with zero attached hydrogens (tertiary/aromatic N) is 3. The Balaban J connectivity index is 1.61. The first-order valence-corrected chi connectivity index (χ1v) is 11.6. The van der Waals surface area contributed by atoms with Crippen LogP contribution in [0.25, 0.3) is 11.3 Å². The van der Waals surface area contributed by atoms with E-state index < -0.39 is 11.8 Å². The highest BCUT2D eigenvalue weighted by atomic mass is 19.1. The zero-order chi connectivity index (χ0) is 25.1. The van der Waals surface area contributed by atoms with Gasteiger partial charge >= 0.3 is 5.97 Å². The number of rotatable bonds is 7. The summed E-state index contributed by atoms with van der Waals surface area (Å²) < 4.78 is 25.9. The highest BCUT2D eigenvalue weighted by Crippen LogP contribution is 2.33. The molecule has 0 aliphatic carbocycles. The second kappa shape index (κ2) is 10.2. The van der Waals surface area contributed by atoms with Crippen LogP contribution < -0.4 is 4.74 Å². The summed E-state index contributed by atoms with van der Waals surface area (Å²) in [5, 5.41) is 8.55. The van der Waals surface area contributed by atoms with Crippen LogP contribution in [0.2, 0.25) is 0 Å². The maximum absolute atomic E-state index is 15.1. The standard InChI is InChI=1S/C27H28FN3O4/c1-16(2)23-9-10-24(30-29-23)18-5-7-20(8-6-18)35-25-13-19(27(33)34-4)12-22(28)21(25)15-31-14-17(3)11-26(31)32/h5-10,12-13,16-17H,11,14-15H2,1-4H3. The monoisotopic (exact) mass is 477 g/mol. The van der Waals surface area contributed by atoms with Crippen LogP contribution in [0.5, 0.6) is 11.5 Å². The summed E-state index contributed by atoms with van der Waals surface area (Å²) in [6.07, 6.45) is 0.431. The lowest BCUT2D eigenvalue weighted by atomic mass is 10.1. The number of hydrogen-bond donors (Lipinski definition) is 0. The molecular weight excluding hydrogens is 449 g/mol. The number of hydrogen-bond acceptors (Lipinski definition) is 6. The van der Waals surface area contributed by atoms with E-state index in [1.165, 1.54) is 13.2 Å². The summed E-state index contributed by atoms with van der Waals surface area (Å²) in [6.45, 7) is 6.70. The Kier molecular flexibility index (Phi) is 7.10. The number of ether oxygens (including phenoxy) is 2. The molecule has 0 N–H and O–H groups in total. The molecule has 182 valence electrons. The van der Waals surface area contributed by atoms with Gasteiger partial charge in [0.15, 0.2) is 0 Å².